The van der Waals surface area contributed by atoms with Crippen LogP contribution < -0.4 is 19.5 Å². The number of carbonyl (C=O) groups excluding carboxylic acids is 2. The van der Waals surface area contributed by atoms with Gasteiger partial charge in [-0.15, -0.1) is 0 Å². The zero-order chi connectivity index (χ0) is 21.1. The van der Waals surface area contributed by atoms with Crippen LogP contribution in [0.15, 0.2) is 60.7 Å². The van der Waals surface area contributed by atoms with E-state index in [1.165, 1.54) is 0 Å². The van der Waals surface area contributed by atoms with Crippen LogP contribution in [0.25, 0.3) is 0 Å². The molecular weight excluding hydrogens is 497 g/mol. The van der Waals surface area contributed by atoms with E-state index in [9.17, 15) is 9.59 Å². The maximum atomic E-state index is 13.2. The average Bonchev–Trinajstić information content (AvgIpc) is 2.78. The lowest BCUT2D eigenvalue weighted by Crippen LogP contribution is -2.19. The predicted molar refractivity (Wildman–Crippen MR) is 121 cm³/mol. The molecule has 30 heavy (non-hydrogen) atoms. The fourth-order valence-electron chi connectivity index (χ4n) is 3.10. The lowest BCUT2D eigenvalue weighted by Gasteiger charge is -2.21. The molecule has 0 spiro atoms. The Kier molecular flexibility index (Phi) is 5.89. The van der Waals surface area contributed by atoms with Gasteiger partial charge in [-0.25, -0.2) is 0 Å². The molecule has 152 valence electrons. The van der Waals surface area contributed by atoms with E-state index in [0.717, 1.165) is 3.57 Å². The Balaban J connectivity index is 1.71. The summed E-state index contributed by atoms with van der Waals surface area (Å²) < 4.78 is 17.4. The van der Waals surface area contributed by atoms with Crippen LogP contribution in [0.4, 0.5) is 5.69 Å². The molecule has 3 aromatic rings. The fraction of sp³-hybridized carbons (Fsp3) is 0.130. The summed E-state index contributed by atoms with van der Waals surface area (Å²) in [7, 11) is 1.56. The highest BCUT2D eigenvalue weighted by Gasteiger charge is 2.22. The third kappa shape index (κ3) is 4.25. The van der Waals surface area contributed by atoms with Crippen molar-refractivity contribution in [3.8, 4) is 17.2 Å². The van der Waals surface area contributed by atoms with Gasteiger partial charge in [0, 0.05) is 20.8 Å². The first-order valence-corrected chi connectivity index (χ1v) is 10.3. The molecule has 0 unspecified atom stereocenters. The summed E-state index contributed by atoms with van der Waals surface area (Å²) in [5, 5.41) is 2.84. The van der Waals surface area contributed by atoms with Crippen molar-refractivity contribution < 1.29 is 23.8 Å². The van der Waals surface area contributed by atoms with Gasteiger partial charge in [0.2, 0.25) is 0 Å². The highest BCUT2D eigenvalue weighted by atomic mass is 127. The topological polar surface area (TPSA) is 73.9 Å². The summed E-state index contributed by atoms with van der Waals surface area (Å²) in [6, 6.07) is 17.3. The number of hydrogen-bond acceptors (Lipinski definition) is 5. The molecule has 7 heteroatoms. The van der Waals surface area contributed by atoms with Gasteiger partial charge < -0.3 is 19.5 Å². The maximum absolute atomic E-state index is 13.2. The van der Waals surface area contributed by atoms with Crippen molar-refractivity contribution in [3.05, 3.63) is 80.9 Å². The maximum Gasteiger partial charge on any atom is 0.255 e. The van der Waals surface area contributed by atoms with Gasteiger partial charge >= 0.3 is 0 Å². The number of rotatable bonds is 5. The van der Waals surface area contributed by atoms with Crippen molar-refractivity contribution in [2.45, 2.75) is 0 Å². The van der Waals surface area contributed by atoms with E-state index in [4.69, 9.17) is 14.2 Å². The lowest BCUT2D eigenvalue weighted by atomic mass is 10.0. The van der Waals surface area contributed by atoms with Gasteiger partial charge in [-0.1, -0.05) is 12.1 Å². The van der Waals surface area contributed by atoms with Crippen LogP contribution in [0, 0.1) is 3.57 Å². The number of halogens is 1. The van der Waals surface area contributed by atoms with Crippen LogP contribution in [-0.4, -0.2) is 32.0 Å². The summed E-state index contributed by atoms with van der Waals surface area (Å²) in [4.78, 5) is 26.0. The first-order chi connectivity index (χ1) is 14.5. The zero-order valence-electron chi connectivity index (χ0n) is 16.1. The quantitative estimate of drug-likeness (QED) is 0.399. The van der Waals surface area contributed by atoms with Gasteiger partial charge in [0.15, 0.2) is 17.3 Å². The van der Waals surface area contributed by atoms with Crippen molar-refractivity contribution in [2.75, 3.05) is 25.6 Å². The monoisotopic (exact) mass is 515 g/mol. The Labute approximate surface area is 187 Å². The number of anilines is 1. The highest BCUT2D eigenvalue weighted by Crippen LogP contribution is 2.37. The van der Waals surface area contributed by atoms with Crippen LogP contribution in [0.3, 0.4) is 0 Å². The number of fused-ring (bicyclic) bond motifs is 1. The summed E-state index contributed by atoms with van der Waals surface area (Å²) in [6.07, 6.45) is 0. The van der Waals surface area contributed by atoms with Gasteiger partial charge in [-0.2, -0.15) is 0 Å². The van der Waals surface area contributed by atoms with Crippen LogP contribution in [0.5, 0.6) is 17.2 Å². The van der Waals surface area contributed by atoms with Crippen LogP contribution >= 0.6 is 22.6 Å². The zero-order valence-corrected chi connectivity index (χ0v) is 18.3. The molecule has 1 aliphatic heterocycles. The summed E-state index contributed by atoms with van der Waals surface area (Å²) >= 11 is 2.16. The molecule has 1 N–H and O–H groups in total. The van der Waals surface area contributed by atoms with Crippen LogP contribution in [0.1, 0.15) is 26.3 Å². The minimum absolute atomic E-state index is 0.212. The molecule has 0 radical (unpaired) electrons. The van der Waals surface area contributed by atoms with E-state index < -0.39 is 0 Å². The number of ketones is 1. The van der Waals surface area contributed by atoms with Gasteiger partial charge in [-0.3, -0.25) is 9.59 Å². The Morgan fingerprint density at radius 1 is 0.933 bits per heavy atom. The van der Waals surface area contributed by atoms with Gasteiger partial charge in [0.05, 0.1) is 18.4 Å². The molecule has 0 atom stereocenters. The number of ether oxygens (including phenoxy) is 3. The predicted octanol–water partition coefficient (Wildman–Crippen LogP) is 4.55. The van der Waals surface area contributed by atoms with E-state index in [1.807, 2.05) is 12.1 Å². The molecule has 1 amide bonds. The van der Waals surface area contributed by atoms with Crippen LogP contribution in [-0.2, 0) is 0 Å². The number of benzene rings is 3. The summed E-state index contributed by atoms with van der Waals surface area (Å²) in [6.45, 7) is 0.810. The van der Waals surface area contributed by atoms with Crippen molar-refractivity contribution in [1.29, 1.82) is 0 Å². The smallest absolute Gasteiger partial charge is 0.255 e. The summed E-state index contributed by atoms with van der Waals surface area (Å²) in [5.74, 6) is 1.07. The molecule has 0 bridgehead atoms. The number of hydrogen-bond donors (Lipinski definition) is 1. The van der Waals surface area contributed by atoms with Gasteiger partial charge in [0.25, 0.3) is 5.91 Å². The minimum Gasteiger partial charge on any atom is -0.497 e. The second-order valence-corrected chi connectivity index (χ2v) is 7.81. The molecule has 4 rings (SSSR count). The van der Waals surface area contributed by atoms with E-state index >= 15 is 0 Å². The SMILES string of the molecule is COc1ccc(C(=O)Nc2cc3c(cc2C(=O)c2cccc(I)c2)OCCO3)cc1. The van der Waals surface area contributed by atoms with E-state index in [0.29, 0.717) is 52.8 Å². The minimum atomic E-state index is -0.342. The van der Waals surface area contributed by atoms with Gasteiger partial charge in [-0.05, 0) is 65.1 Å². The van der Waals surface area contributed by atoms with Crippen molar-refractivity contribution >= 4 is 40.0 Å². The van der Waals surface area contributed by atoms with E-state index in [-0.39, 0.29) is 11.7 Å². The Morgan fingerprint density at radius 3 is 2.30 bits per heavy atom. The molecule has 0 saturated heterocycles. The molecule has 6 nitrogen and oxygen atoms in total. The number of carbonyl (C=O) groups is 2. The molecule has 0 aliphatic carbocycles. The Hall–Kier alpha value is -3.07. The second-order valence-electron chi connectivity index (χ2n) is 6.56. The molecule has 3 aromatic carbocycles. The number of nitrogens with one attached hydrogen (secondary N) is 1. The largest absolute Gasteiger partial charge is 0.497 e. The van der Waals surface area contributed by atoms with Crippen molar-refractivity contribution in [2.24, 2.45) is 0 Å². The lowest BCUT2D eigenvalue weighted by molar-refractivity contribution is 0.102. The van der Waals surface area contributed by atoms with Crippen molar-refractivity contribution in [3.63, 3.8) is 0 Å². The van der Waals surface area contributed by atoms with E-state index in [1.54, 1.807) is 55.6 Å². The Bertz CT molecular complexity index is 1110. The molecule has 1 aliphatic rings. The second kappa shape index (κ2) is 8.74. The molecular formula is C23H18INO5. The standard InChI is InChI=1S/C23H18INO5/c1-28-17-7-5-14(6-8-17)23(27)25-19-13-21-20(29-9-10-30-21)12-18(19)22(26)15-3-2-4-16(24)11-15/h2-8,11-13H,9-10H2,1H3,(H,25,27). The van der Waals surface area contributed by atoms with Gasteiger partial charge in [0.1, 0.15) is 19.0 Å². The molecule has 0 fully saturated rings. The normalized spacial score (nSPS) is 12.2. The Morgan fingerprint density at radius 2 is 1.63 bits per heavy atom. The highest BCUT2D eigenvalue weighted by molar-refractivity contribution is 14.1. The van der Waals surface area contributed by atoms with E-state index in [2.05, 4.69) is 27.9 Å². The molecule has 0 aromatic heterocycles. The molecule has 1 heterocycles. The fourth-order valence-corrected chi connectivity index (χ4v) is 3.65. The van der Waals surface area contributed by atoms with Crippen LogP contribution in [0.2, 0.25) is 0 Å². The average molecular weight is 515 g/mol. The van der Waals surface area contributed by atoms with Crippen molar-refractivity contribution in [1.82, 2.24) is 0 Å². The first-order valence-electron chi connectivity index (χ1n) is 9.24. The number of amides is 1. The molecule has 0 saturated carbocycles. The third-order valence-corrected chi connectivity index (χ3v) is 5.29. The number of methoxy groups -OCH3 is 1. The first kappa shape index (κ1) is 20.2. The third-order valence-electron chi connectivity index (χ3n) is 4.61. The summed E-state index contributed by atoms with van der Waals surface area (Å²) in [5.41, 5.74) is 1.67.